The van der Waals surface area contributed by atoms with Crippen LogP contribution in [-0.4, -0.2) is 23.2 Å². The summed E-state index contributed by atoms with van der Waals surface area (Å²) in [5, 5.41) is 0.246. The van der Waals surface area contributed by atoms with Crippen molar-refractivity contribution in [3.8, 4) is 0 Å². The summed E-state index contributed by atoms with van der Waals surface area (Å²) in [5.74, 6) is 1.44. The van der Waals surface area contributed by atoms with Gasteiger partial charge in [-0.15, -0.1) is 0 Å². The molecule has 0 radical (unpaired) electrons. The average molecular weight is 343 g/mol. The van der Waals surface area contributed by atoms with E-state index in [4.69, 9.17) is 4.74 Å². The first kappa shape index (κ1) is 13.8. The summed E-state index contributed by atoms with van der Waals surface area (Å²) in [6, 6.07) is 6.30. The molecule has 0 saturated carbocycles. The molecule has 19 heavy (non-hydrogen) atoms. The number of hydrogen-bond donors (Lipinski definition) is 0. The number of fused-ring (bicyclic) bond motifs is 1. The zero-order valence-corrected chi connectivity index (χ0v) is 13.3. The van der Waals surface area contributed by atoms with Crippen LogP contribution in [0.3, 0.4) is 0 Å². The van der Waals surface area contributed by atoms with Gasteiger partial charge in [0.05, 0.1) is 5.25 Å². The van der Waals surface area contributed by atoms with E-state index >= 15 is 0 Å². The summed E-state index contributed by atoms with van der Waals surface area (Å²) in [6.45, 7) is 1.68. The Hall–Kier alpha value is -0.190. The standard InChI is InChI=1S/C15H19BrO2S/c16-14-3-1-2-13-12(14)4-5-15(13)19(17)10-11-6-8-18-9-7-11/h1-3,11,15H,4-10H2/t15-,19+/m0/s1. The minimum absolute atomic E-state index is 0.246. The van der Waals surface area contributed by atoms with Crippen LogP contribution in [-0.2, 0) is 22.0 Å². The Morgan fingerprint density at radius 3 is 2.84 bits per heavy atom. The summed E-state index contributed by atoms with van der Waals surface area (Å²) in [5.41, 5.74) is 2.67. The molecule has 1 aromatic rings. The Balaban J connectivity index is 1.71. The second kappa shape index (κ2) is 6.06. The first-order chi connectivity index (χ1) is 9.25. The van der Waals surface area contributed by atoms with E-state index in [2.05, 4.69) is 34.1 Å². The van der Waals surface area contributed by atoms with E-state index in [0.717, 1.165) is 44.6 Å². The quantitative estimate of drug-likeness (QED) is 0.838. The Morgan fingerprint density at radius 1 is 1.26 bits per heavy atom. The smallest absolute Gasteiger partial charge is 0.0603 e. The number of hydrogen-bond acceptors (Lipinski definition) is 2. The zero-order chi connectivity index (χ0) is 13.2. The fraction of sp³-hybridized carbons (Fsp3) is 0.600. The van der Waals surface area contributed by atoms with Crippen molar-refractivity contribution in [1.82, 2.24) is 0 Å². The summed E-state index contributed by atoms with van der Waals surface area (Å²) in [7, 11) is -0.739. The van der Waals surface area contributed by atoms with Gasteiger partial charge in [-0.2, -0.15) is 0 Å². The molecule has 0 bridgehead atoms. The van der Waals surface area contributed by atoms with Crippen molar-refractivity contribution >= 4 is 26.7 Å². The normalized spacial score (nSPS) is 25.2. The molecule has 1 fully saturated rings. The second-order valence-electron chi connectivity index (χ2n) is 5.44. The van der Waals surface area contributed by atoms with Gasteiger partial charge in [-0.25, -0.2) is 0 Å². The number of benzene rings is 1. The first-order valence-electron chi connectivity index (χ1n) is 6.98. The van der Waals surface area contributed by atoms with E-state index < -0.39 is 10.8 Å². The van der Waals surface area contributed by atoms with Gasteiger partial charge in [0.1, 0.15) is 0 Å². The lowest BCUT2D eigenvalue weighted by molar-refractivity contribution is 0.0725. The molecule has 1 aromatic carbocycles. The molecule has 0 N–H and O–H groups in total. The lowest BCUT2D eigenvalue weighted by atomic mass is 10.0. The fourth-order valence-electron chi connectivity index (χ4n) is 3.11. The third kappa shape index (κ3) is 2.96. The van der Waals surface area contributed by atoms with Crippen LogP contribution in [0.5, 0.6) is 0 Å². The van der Waals surface area contributed by atoms with Gasteiger partial charge in [-0.3, -0.25) is 4.21 Å². The maximum Gasteiger partial charge on any atom is 0.0603 e. The molecule has 1 aliphatic heterocycles. The molecule has 2 atom stereocenters. The van der Waals surface area contributed by atoms with Crippen LogP contribution in [0.15, 0.2) is 22.7 Å². The number of halogens is 1. The van der Waals surface area contributed by atoms with Gasteiger partial charge in [0.25, 0.3) is 0 Å². The second-order valence-corrected chi connectivity index (χ2v) is 7.96. The molecule has 1 aliphatic carbocycles. The molecule has 2 aliphatic rings. The average Bonchev–Trinajstić information content (AvgIpc) is 2.85. The lowest BCUT2D eigenvalue weighted by Crippen LogP contribution is -2.22. The monoisotopic (exact) mass is 342 g/mol. The molecular weight excluding hydrogens is 324 g/mol. The topological polar surface area (TPSA) is 26.3 Å². The van der Waals surface area contributed by atoms with Crippen LogP contribution in [0.1, 0.15) is 35.6 Å². The van der Waals surface area contributed by atoms with Crippen LogP contribution >= 0.6 is 15.9 Å². The van der Waals surface area contributed by atoms with E-state index in [1.165, 1.54) is 15.6 Å². The summed E-state index contributed by atoms with van der Waals surface area (Å²) < 4.78 is 19.2. The molecular formula is C15H19BrO2S. The highest BCUT2D eigenvalue weighted by atomic mass is 79.9. The van der Waals surface area contributed by atoms with Crippen molar-refractivity contribution in [1.29, 1.82) is 0 Å². The minimum atomic E-state index is -0.739. The van der Waals surface area contributed by atoms with Gasteiger partial charge in [-0.05, 0) is 48.8 Å². The largest absolute Gasteiger partial charge is 0.381 e. The highest BCUT2D eigenvalue weighted by molar-refractivity contribution is 9.10. The molecule has 104 valence electrons. The van der Waals surface area contributed by atoms with E-state index in [0.29, 0.717) is 5.92 Å². The SMILES string of the molecule is O=[S@](CC1CCOCC1)[C@H]1CCc2c(Br)cccc21. The van der Waals surface area contributed by atoms with E-state index in [9.17, 15) is 4.21 Å². The molecule has 0 unspecified atom stereocenters. The van der Waals surface area contributed by atoms with Crippen LogP contribution in [0.4, 0.5) is 0 Å². The first-order valence-corrected chi connectivity index (χ1v) is 9.15. The minimum Gasteiger partial charge on any atom is -0.381 e. The molecule has 1 saturated heterocycles. The highest BCUT2D eigenvalue weighted by Gasteiger charge is 2.30. The van der Waals surface area contributed by atoms with Crippen LogP contribution in [0.2, 0.25) is 0 Å². The Kier molecular flexibility index (Phi) is 4.40. The maximum atomic E-state index is 12.6. The van der Waals surface area contributed by atoms with Crippen molar-refractivity contribution in [2.24, 2.45) is 5.92 Å². The number of ether oxygens (including phenoxy) is 1. The summed E-state index contributed by atoms with van der Waals surface area (Å²) in [6.07, 6.45) is 4.24. The van der Waals surface area contributed by atoms with E-state index in [-0.39, 0.29) is 5.25 Å². The number of rotatable bonds is 3. The summed E-state index contributed by atoms with van der Waals surface area (Å²) in [4.78, 5) is 0. The van der Waals surface area contributed by atoms with Gasteiger partial charge in [-0.1, -0.05) is 28.1 Å². The van der Waals surface area contributed by atoms with Crippen LogP contribution in [0, 0.1) is 5.92 Å². The predicted molar refractivity (Wildman–Crippen MR) is 81.8 cm³/mol. The van der Waals surface area contributed by atoms with Gasteiger partial charge in [0.2, 0.25) is 0 Å². The molecule has 1 heterocycles. The van der Waals surface area contributed by atoms with Crippen LogP contribution in [0.25, 0.3) is 0 Å². The lowest BCUT2D eigenvalue weighted by Gasteiger charge is -2.23. The third-order valence-corrected chi connectivity index (χ3v) is 6.88. The molecule has 0 aromatic heterocycles. The van der Waals surface area contributed by atoms with E-state index in [1.54, 1.807) is 0 Å². The van der Waals surface area contributed by atoms with Crippen molar-refractivity contribution in [3.05, 3.63) is 33.8 Å². The fourth-order valence-corrected chi connectivity index (χ4v) is 5.60. The van der Waals surface area contributed by atoms with Crippen molar-refractivity contribution < 1.29 is 8.95 Å². The Bertz CT molecular complexity index is 483. The summed E-state index contributed by atoms with van der Waals surface area (Å²) >= 11 is 3.61. The molecule has 0 amide bonds. The van der Waals surface area contributed by atoms with Gasteiger partial charge in [0.15, 0.2) is 0 Å². The zero-order valence-electron chi connectivity index (χ0n) is 10.9. The molecule has 0 spiro atoms. The van der Waals surface area contributed by atoms with Gasteiger partial charge >= 0.3 is 0 Å². The molecule has 3 rings (SSSR count). The molecule has 2 nitrogen and oxygen atoms in total. The van der Waals surface area contributed by atoms with Crippen LogP contribution < -0.4 is 0 Å². The van der Waals surface area contributed by atoms with Crippen molar-refractivity contribution in [2.45, 2.75) is 30.9 Å². The van der Waals surface area contributed by atoms with E-state index in [1.807, 2.05) is 0 Å². The van der Waals surface area contributed by atoms with Gasteiger partial charge < -0.3 is 4.74 Å². The Morgan fingerprint density at radius 2 is 2.05 bits per heavy atom. The van der Waals surface area contributed by atoms with Gasteiger partial charge in [0, 0.05) is 34.2 Å². The molecule has 4 heteroatoms. The highest BCUT2D eigenvalue weighted by Crippen LogP contribution is 2.39. The van der Waals surface area contributed by atoms with Crippen molar-refractivity contribution in [3.63, 3.8) is 0 Å². The maximum absolute atomic E-state index is 12.6. The third-order valence-electron chi connectivity index (χ3n) is 4.22. The predicted octanol–water partition coefficient (Wildman–Crippen LogP) is 3.61. The Labute approximate surface area is 125 Å². The van der Waals surface area contributed by atoms with Crippen molar-refractivity contribution in [2.75, 3.05) is 19.0 Å².